The zero-order chi connectivity index (χ0) is 23.4. The Hall–Kier alpha value is -3.27. The number of rotatable bonds is 10. The van der Waals surface area contributed by atoms with Crippen LogP contribution in [0.15, 0.2) is 42.5 Å². The van der Waals surface area contributed by atoms with Crippen molar-refractivity contribution in [3.05, 3.63) is 59.7 Å². The number of hydrogen-bond acceptors (Lipinski definition) is 7. The standard InChI is InChI=1S/C24H29FN6O2/c1-2-33-14-20-30-21-22(16-7-3-4-8-19(16)29-23(21)27)31(20)12-6-5-11-28-24(32)15-9-10-17(25)18(26)13-15/h3-4,7-10,13,24,28,32H,2,5-6,11-12,14,26H2,1H3,(H2,27,29). The van der Waals surface area contributed by atoms with Crippen LogP contribution in [0, 0.1) is 5.82 Å². The first kappa shape index (κ1) is 22.9. The highest BCUT2D eigenvalue weighted by molar-refractivity contribution is 6.06. The molecule has 0 spiro atoms. The number of aliphatic hydroxyl groups excluding tert-OH is 1. The van der Waals surface area contributed by atoms with E-state index in [-0.39, 0.29) is 5.69 Å². The fourth-order valence-electron chi connectivity index (χ4n) is 3.93. The van der Waals surface area contributed by atoms with Crippen LogP contribution in [0.2, 0.25) is 0 Å². The van der Waals surface area contributed by atoms with Gasteiger partial charge in [-0.3, -0.25) is 5.32 Å². The number of pyridine rings is 1. The van der Waals surface area contributed by atoms with E-state index in [0.717, 1.165) is 35.1 Å². The molecule has 9 heteroatoms. The first-order chi connectivity index (χ1) is 16.0. The summed E-state index contributed by atoms with van der Waals surface area (Å²) in [5, 5.41) is 14.4. The van der Waals surface area contributed by atoms with Crippen molar-refractivity contribution >= 4 is 33.4 Å². The number of halogens is 1. The molecule has 8 nitrogen and oxygen atoms in total. The summed E-state index contributed by atoms with van der Waals surface area (Å²) in [6, 6.07) is 12.1. The van der Waals surface area contributed by atoms with Crippen molar-refractivity contribution in [3.63, 3.8) is 0 Å². The van der Waals surface area contributed by atoms with Crippen LogP contribution in [0.4, 0.5) is 15.9 Å². The number of aliphatic hydroxyl groups is 1. The topological polar surface area (TPSA) is 124 Å². The fourth-order valence-corrected chi connectivity index (χ4v) is 3.93. The smallest absolute Gasteiger partial charge is 0.152 e. The Kier molecular flexibility index (Phi) is 7.02. The zero-order valence-corrected chi connectivity index (χ0v) is 18.6. The van der Waals surface area contributed by atoms with E-state index >= 15 is 0 Å². The highest BCUT2D eigenvalue weighted by Gasteiger charge is 2.17. The van der Waals surface area contributed by atoms with E-state index in [4.69, 9.17) is 21.2 Å². The summed E-state index contributed by atoms with van der Waals surface area (Å²) in [5.74, 6) is 0.722. The average molecular weight is 453 g/mol. The number of imidazole rings is 1. The van der Waals surface area contributed by atoms with Crippen molar-refractivity contribution in [1.29, 1.82) is 0 Å². The van der Waals surface area contributed by atoms with Crippen LogP contribution in [-0.4, -0.2) is 32.8 Å². The van der Waals surface area contributed by atoms with E-state index in [1.165, 1.54) is 18.2 Å². The molecule has 0 radical (unpaired) electrons. The molecule has 6 N–H and O–H groups in total. The number of unbranched alkanes of at least 4 members (excludes halogenated alkanes) is 1. The molecule has 4 aromatic rings. The van der Waals surface area contributed by atoms with Gasteiger partial charge in [0.2, 0.25) is 0 Å². The Morgan fingerprint density at radius 2 is 1.97 bits per heavy atom. The Morgan fingerprint density at radius 1 is 1.15 bits per heavy atom. The molecule has 4 rings (SSSR count). The molecule has 0 saturated heterocycles. The predicted molar refractivity (Wildman–Crippen MR) is 128 cm³/mol. The SMILES string of the molecule is CCOCc1nc2c(N)nc3ccccc3c2n1CCCCNC(O)c1ccc(F)c(N)c1. The summed E-state index contributed by atoms with van der Waals surface area (Å²) < 4.78 is 21.1. The third kappa shape index (κ3) is 4.90. The average Bonchev–Trinajstić information content (AvgIpc) is 3.18. The van der Waals surface area contributed by atoms with Crippen LogP contribution in [0.25, 0.3) is 21.9 Å². The molecule has 0 bridgehead atoms. The first-order valence-corrected chi connectivity index (χ1v) is 11.1. The second kappa shape index (κ2) is 10.1. The number of ether oxygens (including phenoxy) is 1. The van der Waals surface area contributed by atoms with Crippen LogP contribution < -0.4 is 16.8 Å². The number of nitrogens with two attached hydrogens (primary N) is 2. The van der Waals surface area contributed by atoms with Gasteiger partial charge in [-0.05, 0) is 50.1 Å². The van der Waals surface area contributed by atoms with E-state index < -0.39 is 12.0 Å². The number of anilines is 2. The molecular weight excluding hydrogens is 423 g/mol. The Labute approximate surface area is 191 Å². The third-order valence-electron chi connectivity index (χ3n) is 5.61. The third-order valence-corrected chi connectivity index (χ3v) is 5.61. The zero-order valence-electron chi connectivity index (χ0n) is 18.6. The number of fused-ring (bicyclic) bond motifs is 3. The number of para-hydroxylation sites is 1. The molecule has 0 aliphatic rings. The van der Waals surface area contributed by atoms with E-state index in [2.05, 4.69) is 14.9 Å². The number of benzene rings is 2. The number of nitrogen functional groups attached to an aromatic ring is 2. The summed E-state index contributed by atoms with van der Waals surface area (Å²) in [7, 11) is 0. The molecule has 0 fully saturated rings. The normalized spacial score (nSPS) is 12.6. The molecule has 0 aliphatic heterocycles. The van der Waals surface area contributed by atoms with Gasteiger partial charge >= 0.3 is 0 Å². The maximum Gasteiger partial charge on any atom is 0.152 e. The molecular formula is C24H29FN6O2. The van der Waals surface area contributed by atoms with Crippen molar-refractivity contribution in [2.45, 2.75) is 39.1 Å². The van der Waals surface area contributed by atoms with Crippen LogP contribution in [0.5, 0.6) is 0 Å². The second-order valence-electron chi connectivity index (χ2n) is 7.87. The number of nitrogens with zero attached hydrogens (tertiary/aromatic N) is 3. The van der Waals surface area contributed by atoms with Crippen molar-refractivity contribution in [1.82, 2.24) is 19.9 Å². The molecule has 2 heterocycles. The number of hydrogen-bond donors (Lipinski definition) is 4. The molecule has 33 heavy (non-hydrogen) atoms. The second-order valence-corrected chi connectivity index (χ2v) is 7.87. The predicted octanol–water partition coefficient (Wildman–Crippen LogP) is 3.49. The minimum Gasteiger partial charge on any atom is -0.396 e. The lowest BCUT2D eigenvalue weighted by atomic mass is 10.1. The summed E-state index contributed by atoms with van der Waals surface area (Å²) in [6.45, 7) is 4.23. The van der Waals surface area contributed by atoms with Crippen LogP contribution in [0.3, 0.4) is 0 Å². The summed E-state index contributed by atoms with van der Waals surface area (Å²) in [6.07, 6.45) is 0.733. The monoisotopic (exact) mass is 452 g/mol. The molecule has 174 valence electrons. The Balaban J connectivity index is 1.47. The Bertz CT molecular complexity index is 1260. The van der Waals surface area contributed by atoms with E-state index in [1.807, 2.05) is 31.2 Å². The van der Waals surface area contributed by atoms with Gasteiger partial charge in [0.25, 0.3) is 0 Å². The lowest BCUT2D eigenvalue weighted by molar-refractivity contribution is 0.125. The maximum absolute atomic E-state index is 13.3. The lowest BCUT2D eigenvalue weighted by Gasteiger charge is -2.15. The summed E-state index contributed by atoms with van der Waals surface area (Å²) in [5.41, 5.74) is 14.8. The van der Waals surface area contributed by atoms with Gasteiger partial charge in [-0.1, -0.05) is 24.3 Å². The highest BCUT2D eigenvalue weighted by Crippen LogP contribution is 2.29. The largest absolute Gasteiger partial charge is 0.396 e. The highest BCUT2D eigenvalue weighted by atomic mass is 19.1. The molecule has 2 aromatic heterocycles. The van der Waals surface area contributed by atoms with Crippen molar-refractivity contribution in [2.75, 3.05) is 24.6 Å². The van der Waals surface area contributed by atoms with Gasteiger partial charge in [0.15, 0.2) is 5.82 Å². The van der Waals surface area contributed by atoms with Gasteiger partial charge in [0, 0.05) is 18.5 Å². The van der Waals surface area contributed by atoms with E-state index in [1.54, 1.807) is 0 Å². The van der Waals surface area contributed by atoms with Gasteiger partial charge in [-0.25, -0.2) is 14.4 Å². The number of aromatic nitrogens is 3. The molecule has 1 unspecified atom stereocenters. The number of nitrogens with one attached hydrogen (secondary N) is 1. The van der Waals surface area contributed by atoms with Crippen molar-refractivity contribution in [2.24, 2.45) is 0 Å². The minimum absolute atomic E-state index is 0.0168. The van der Waals surface area contributed by atoms with Gasteiger partial charge in [-0.15, -0.1) is 0 Å². The molecule has 1 atom stereocenters. The Morgan fingerprint density at radius 3 is 2.76 bits per heavy atom. The summed E-state index contributed by atoms with van der Waals surface area (Å²) >= 11 is 0. The van der Waals surface area contributed by atoms with Crippen LogP contribution >= 0.6 is 0 Å². The van der Waals surface area contributed by atoms with Gasteiger partial charge in [-0.2, -0.15) is 0 Å². The van der Waals surface area contributed by atoms with E-state index in [0.29, 0.717) is 43.2 Å². The van der Waals surface area contributed by atoms with Gasteiger partial charge in [0.05, 0.1) is 16.7 Å². The lowest BCUT2D eigenvalue weighted by Crippen LogP contribution is -2.22. The first-order valence-electron chi connectivity index (χ1n) is 11.1. The molecule has 0 aliphatic carbocycles. The fraction of sp³-hybridized carbons (Fsp3) is 0.333. The van der Waals surface area contributed by atoms with E-state index in [9.17, 15) is 9.50 Å². The summed E-state index contributed by atoms with van der Waals surface area (Å²) in [4.78, 5) is 9.23. The molecule has 0 saturated carbocycles. The quantitative estimate of drug-likeness (QED) is 0.165. The van der Waals surface area contributed by atoms with Gasteiger partial charge in [0.1, 0.15) is 30.0 Å². The van der Waals surface area contributed by atoms with Crippen LogP contribution in [-0.2, 0) is 17.9 Å². The van der Waals surface area contributed by atoms with Crippen molar-refractivity contribution < 1.29 is 14.2 Å². The van der Waals surface area contributed by atoms with Crippen LogP contribution in [0.1, 0.15) is 37.4 Å². The molecule has 0 amide bonds. The number of aryl methyl sites for hydroxylation is 1. The molecule has 2 aromatic carbocycles. The minimum atomic E-state index is -0.912. The van der Waals surface area contributed by atoms with Crippen molar-refractivity contribution in [3.8, 4) is 0 Å². The maximum atomic E-state index is 13.3. The van der Waals surface area contributed by atoms with Gasteiger partial charge < -0.3 is 25.9 Å².